The SMILES string of the molecule is COCCN(CCCN(C)C)C(=O)Nc1cccc(Cl)c1OC. The van der Waals surface area contributed by atoms with Gasteiger partial charge in [0.25, 0.3) is 0 Å². The normalized spacial score (nSPS) is 10.7. The van der Waals surface area contributed by atoms with Crippen LogP contribution in [0.25, 0.3) is 0 Å². The molecule has 0 spiro atoms. The highest BCUT2D eigenvalue weighted by molar-refractivity contribution is 6.32. The number of nitrogens with one attached hydrogen (secondary N) is 1. The number of para-hydroxylation sites is 1. The third-order valence-electron chi connectivity index (χ3n) is 3.30. The van der Waals surface area contributed by atoms with E-state index in [0.717, 1.165) is 13.0 Å². The summed E-state index contributed by atoms with van der Waals surface area (Å²) in [5, 5.41) is 3.32. The topological polar surface area (TPSA) is 54.0 Å². The highest BCUT2D eigenvalue weighted by Gasteiger charge is 2.16. The van der Waals surface area contributed by atoms with Crippen molar-refractivity contribution in [2.24, 2.45) is 0 Å². The molecule has 0 heterocycles. The number of anilines is 1. The Morgan fingerprint density at radius 2 is 1.96 bits per heavy atom. The van der Waals surface area contributed by atoms with Gasteiger partial charge in [-0.1, -0.05) is 17.7 Å². The van der Waals surface area contributed by atoms with Crippen LogP contribution in [0.15, 0.2) is 18.2 Å². The van der Waals surface area contributed by atoms with Crippen LogP contribution in [0.4, 0.5) is 10.5 Å². The fourth-order valence-corrected chi connectivity index (χ4v) is 2.35. The lowest BCUT2D eigenvalue weighted by Gasteiger charge is -2.24. The van der Waals surface area contributed by atoms with E-state index in [1.807, 2.05) is 14.1 Å². The molecule has 1 aromatic carbocycles. The summed E-state index contributed by atoms with van der Waals surface area (Å²) in [7, 11) is 7.17. The molecule has 0 saturated carbocycles. The number of amides is 2. The Hall–Kier alpha value is -1.50. The molecule has 1 N–H and O–H groups in total. The Bertz CT molecular complexity index is 497. The molecule has 7 heteroatoms. The number of ether oxygens (including phenoxy) is 2. The summed E-state index contributed by atoms with van der Waals surface area (Å²) in [6.07, 6.45) is 0.886. The maximum Gasteiger partial charge on any atom is 0.322 e. The Morgan fingerprint density at radius 1 is 1.22 bits per heavy atom. The number of methoxy groups -OCH3 is 2. The number of hydrogen-bond donors (Lipinski definition) is 1. The van der Waals surface area contributed by atoms with E-state index >= 15 is 0 Å². The molecule has 0 aliphatic carbocycles. The number of carbonyl (C=O) groups excluding carboxylic acids is 1. The van der Waals surface area contributed by atoms with Gasteiger partial charge in [0.05, 0.1) is 24.4 Å². The lowest BCUT2D eigenvalue weighted by atomic mass is 10.3. The van der Waals surface area contributed by atoms with Gasteiger partial charge < -0.3 is 24.6 Å². The number of hydrogen-bond acceptors (Lipinski definition) is 4. The van der Waals surface area contributed by atoms with Crippen LogP contribution in [0.3, 0.4) is 0 Å². The van der Waals surface area contributed by atoms with Gasteiger partial charge in [0.1, 0.15) is 0 Å². The average Bonchev–Trinajstić information content (AvgIpc) is 2.50. The van der Waals surface area contributed by atoms with Gasteiger partial charge in [0.2, 0.25) is 0 Å². The van der Waals surface area contributed by atoms with E-state index < -0.39 is 0 Å². The summed E-state index contributed by atoms with van der Waals surface area (Å²) in [5.41, 5.74) is 0.556. The second-order valence-electron chi connectivity index (χ2n) is 5.39. The molecule has 0 fully saturated rings. The standard InChI is InChI=1S/C16H26ClN3O3/c1-19(2)9-6-10-20(11-12-22-3)16(21)18-14-8-5-7-13(17)15(14)23-4/h5,7-8H,6,9-12H2,1-4H3,(H,18,21). The number of rotatable bonds is 9. The third kappa shape index (κ3) is 6.64. The van der Waals surface area contributed by atoms with Gasteiger partial charge >= 0.3 is 6.03 Å². The molecule has 2 amide bonds. The van der Waals surface area contributed by atoms with Crippen LogP contribution in [-0.2, 0) is 4.74 Å². The van der Waals surface area contributed by atoms with Gasteiger partial charge in [0, 0.05) is 20.2 Å². The van der Waals surface area contributed by atoms with Crippen molar-refractivity contribution in [3.05, 3.63) is 23.2 Å². The van der Waals surface area contributed by atoms with E-state index in [1.165, 1.54) is 7.11 Å². The molecule has 1 aromatic rings. The van der Waals surface area contributed by atoms with E-state index in [4.69, 9.17) is 21.1 Å². The number of carbonyl (C=O) groups is 1. The maximum atomic E-state index is 12.5. The first-order valence-electron chi connectivity index (χ1n) is 7.51. The van der Waals surface area contributed by atoms with Gasteiger partial charge in [-0.05, 0) is 39.2 Å². The molecule has 1 rings (SSSR count). The predicted octanol–water partition coefficient (Wildman–Crippen LogP) is 2.78. The molecule has 6 nitrogen and oxygen atoms in total. The molecule has 0 atom stereocenters. The Balaban J connectivity index is 2.74. The van der Waals surface area contributed by atoms with Crippen molar-refractivity contribution in [3.63, 3.8) is 0 Å². The summed E-state index contributed by atoms with van der Waals surface area (Å²) in [4.78, 5) is 16.3. The van der Waals surface area contributed by atoms with Crippen molar-refractivity contribution in [3.8, 4) is 5.75 Å². The average molecular weight is 344 g/mol. The predicted molar refractivity (Wildman–Crippen MR) is 93.6 cm³/mol. The van der Waals surface area contributed by atoms with Crippen molar-refractivity contribution < 1.29 is 14.3 Å². The van der Waals surface area contributed by atoms with E-state index in [1.54, 1.807) is 30.2 Å². The van der Waals surface area contributed by atoms with Gasteiger partial charge in [-0.15, -0.1) is 0 Å². The lowest BCUT2D eigenvalue weighted by molar-refractivity contribution is 0.153. The fraction of sp³-hybridized carbons (Fsp3) is 0.562. The zero-order chi connectivity index (χ0) is 17.2. The number of nitrogens with zero attached hydrogens (tertiary/aromatic N) is 2. The lowest BCUT2D eigenvalue weighted by Crippen LogP contribution is -2.39. The van der Waals surface area contributed by atoms with Crippen molar-refractivity contribution in [1.82, 2.24) is 9.80 Å². The van der Waals surface area contributed by atoms with Crippen molar-refractivity contribution in [2.75, 3.05) is 59.9 Å². The first-order valence-corrected chi connectivity index (χ1v) is 7.89. The van der Waals surface area contributed by atoms with E-state index in [2.05, 4.69) is 10.2 Å². The Morgan fingerprint density at radius 3 is 2.57 bits per heavy atom. The van der Waals surface area contributed by atoms with E-state index in [-0.39, 0.29) is 6.03 Å². The molecule has 23 heavy (non-hydrogen) atoms. The highest BCUT2D eigenvalue weighted by atomic mass is 35.5. The highest BCUT2D eigenvalue weighted by Crippen LogP contribution is 2.32. The third-order valence-corrected chi connectivity index (χ3v) is 3.60. The number of urea groups is 1. The summed E-state index contributed by atoms with van der Waals surface area (Å²) in [6.45, 7) is 2.58. The minimum absolute atomic E-state index is 0.193. The van der Waals surface area contributed by atoms with Crippen LogP contribution in [0.2, 0.25) is 5.02 Å². The fourth-order valence-electron chi connectivity index (χ4n) is 2.10. The summed E-state index contributed by atoms with van der Waals surface area (Å²) in [6, 6.07) is 5.06. The molecule has 0 aromatic heterocycles. The second-order valence-corrected chi connectivity index (χ2v) is 5.79. The quantitative estimate of drug-likeness (QED) is 0.749. The second kappa shape index (κ2) is 10.3. The van der Waals surface area contributed by atoms with Gasteiger partial charge in [0.15, 0.2) is 5.75 Å². The van der Waals surface area contributed by atoms with Gasteiger partial charge in [-0.3, -0.25) is 0 Å². The number of halogens is 1. The van der Waals surface area contributed by atoms with Crippen LogP contribution in [-0.4, -0.2) is 70.4 Å². The first kappa shape index (κ1) is 19.5. The van der Waals surface area contributed by atoms with Crippen LogP contribution in [0.5, 0.6) is 5.75 Å². The minimum Gasteiger partial charge on any atom is -0.493 e. The zero-order valence-electron chi connectivity index (χ0n) is 14.3. The smallest absolute Gasteiger partial charge is 0.322 e. The molecular formula is C16H26ClN3O3. The monoisotopic (exact) mass is 343 g/mol. The molecule has 0 radical (unpaired) electrons. The molecule has 0 saturated heterocycles. The van der Waals surface area contributed by atoms with Crippen LogP contribution in [0.1, 0.15) is 6.42 Å². The largest absolute Gasteiger partial charge is 0.493 e. The van der Waals surface area contributed by atoms with Crippen LogP contribution < -0.4 is 10.1 Å². The molecular weight excluding hydrogens is 318 g/mol. The summed E-state index contributed by atoms with van der Waals surface area (Å²) < 4.78 is 10.3. The van der Waals surface area contributed by atoms with E-state index in [9.17, 15) is 4.79 Å². The molecule has 0 unspecified atom stereocenters. The summed E-state index contributed by atoms with van der Waals surface area (Å²) >= 11 is 6.08. The van der Waals surface area contributed by atoms with Gasteiger partial charge in [-0.25, -0.2) is 4.79 Å². The minimum atomic E-state index is -0.193. The van der Waals surface area contributed by atoms with Crippen LogP contribution >= 0.6 is 11.6 Å². The van der Waals surface area contributed by atoms with Crippen LogP contribution in [0, 0.1) is 0 Å². The van der Waals surface area contributed by atoms with Gasteiger partial charge in [-0.2, -0.15) is 0 Å². The molecule has 0 aliphatic heterocycles. The first-order chi connectivity index (χ1) is 11.0. The molecule has 0 aliphatic rings. The Kier molecular flexibility index (Phi) is 8.76. The zero-order valence-corrected chi connectivity index (χ0v) is 15.0. The molecule has 0 bridgehead atoms. The maximum absolute atomic E-state index is 12.5. The Labute approximate surface area is 143 Å². The van der Waals surface area contributed by atoms with Crippen molar-refractivity contribution in [1.29, 1.82) is 0 Å². The van der Waals surface area contributed by atoms with E-state index in [0.29, 0.717) is 36.2 Å². The molecule has 130 valence electrons. The summed E-state index contributed by atoms with van der Waals surface area (Å²) in [5.74, 6) is 0.461. The van der Waals surface area contributed by atoms with Crippen molar-refractivity contribution in [2.45, 2.75) is 6.42 Å². The van der Waals surface area contributed by atoms with Crippen molar-refractivity contribution >= 4 is 23.3 Å². The number of benzene rings is 1.